The molecule has 0 unspecified atom stereocenters. The van der Waals surface area contributed by atoms with E-state index in [1.807, 2.05) is 37.5 Å². The molecule has 0 bridgehead atoms. The highest BCUT2D eigenvalue weighted by molar-refractivity contribution is 6.08. The number of carbonyl (C=O) groups excluding carboxylic acids is 1. The number of para-hydroxylation sites is 1. The Labute approximate surface area is 139 Å². The van der Waals surface area contributed by atoms with Crippen LogP contribution in [0.2, 0.25) is 0 Å². The van der Waals surface area contributed by atoms with Crippen LogP contribution in [0.1, 0.15) is 39.2 Å². The van der Waals surface area contributed by atoms with Gasteiger partial charge >= 0.3 is 0 Å². The molecule has 0 aromatic heterocycles. The summed E-state index contributed by atoms with van der Waals surface area (Å²) >= 11 is 0. The quantitative estimate of drug-likeness (QED) is 0.371. The van der Waals surface area contributed by atoms with Gasteiger partial charge in [-0.25, -0.2) is 0 Å². The smallest absolute Gasteiger partial charge is 0.237 e. The Morgan fingerprint density at radius 3 is 2.61 bits per heavy atom. The average Bonchev–Trinajstić information content (AvgIpc) is 2.58. The molecule has 0 aliphatic rings. The Balaban J connectivity index is 2.73. The molecular formula is C20H25O3. The third-order valence-electron chi connectivity index (χ3n) is 3.50. The maximum Gasteiger partial charge on any atom is 0.237 e. The third-order valence-corrected chi connectivity index (χ3v) is 3.50. The molecule has 23 heavy (non-hydrogen) atoms. The van der Waals surface area contributed by atoms with Crippen LogP contribution in [0.25, 0.3) is 5.57 Å². The van der Waals surface area contributed by atoms with Crippen molar-refractivity contribution in [3.05, 3.63) is 59.4 Å². The zero-order chi connectivity index (χ0) is 17.1. The van der Waals surface area contributed by atoms with E-state index in [1.165, 1.54) is 18.9 Å². The van der Waals surface area contributed by atoms with Gasteiger partial charge in [-0.15, -0.1) is 0 Å². The molecule has 1 aromatic carbocycles. The highest BCUT2D eigenvalue weighted by atomic mass is 16.5. The molecule has 3 nitrogen and oxygen atoms in total. The summed E-state index contributed by atoms with van der Waals surface area (Å²) in [6.45, 7) is 6.73. The van der Waals surface area contributed by atoms with Crippen molar-refractivity contribution in [3.8, 4) is 5.75 Å². The van der Waals surface area contributed by atoms with Crippen LogP contribution in [0, 0.1) is 0 Å². The molecule has 1 rings (SSSR count). The minimum absolute atomic E-state index is 0.341. The van der Waals surface area contributed by atoms with Crippen molar-refractivity contribution >= 4 is 11.9 Å². The standard InChI is InChI=1S/C20H25O3/c1-5-16(2)9-8-10-17(3)14-23-20-12-7-6-11-19(20)18(13-21)15-22-4/h5-7,10-12,15H,8-9,14H2,1-4H3. The molecule has 123 valence electrons. The second kappa shape index (κ2) is 10.4. The van der Waals surface area contributed by atoms with E-state index in [9.17, 15) is 4.79 Å². The van der Waals surface area contributed by atoms with Crippen LogP contribution in [-0.4, -0.2) is 20.0 Å². The molecule has 1 radical (unpaired) electrons. The minimum Gasteiger partial charge on any atom is -0.504 e. The largest absolute Gasteiger partial charge is 0.504 e. The maximum atomic E-state index is 11.1. The van der Waals surface area contributed by atoms with Gasteiger partial charge in [-0.2, -0.15) is 0 Å². The van der Waals surface area contributed by atoms with E-state index in [0.717, 1.165) is 18.4 Å². The van der Waals surface area contributed by atoms with Gasteiger partial charge in [0.05, 0.1) is 18.9 Å². The van der Waals surface area contributed by atoms with Gasteiger partial charge in [0.25, 0.3) is 0 Å². The lowest BCUT2D eigenvalue weighted by Crippen LogP contribution is -2.02. The molecule has 0 spiro atoms. The number of methoxy groups -OCH3 is 1. The molecule has 0 fully saturated rings. The first kappa shape index (κ1) is 18.8. The number of hydrogen-bond donors (Lipinski definition) is 0. The summed E-state index contributed by atoms with van der Waals surface area (Å²) in [6, 6.07) is 7.39. The fourth-order valence-corrected chi connectivity index (χ4v) is 2.02. The van der Waals surface area contributed by atoms with E-state index in [-0.39, 0.29) is 0 Å². The predicted octanol–water partition coefficient (Wildman–Crippen LogP) is 4.86. The lowest BCUT2D eigenvalue weighted by atomic mass is 10.1. The van der Waals surface area contributed by atoms with Crippen LogP contribution in [0.3, 0.4) is 0 Å². The van der Waals surface area contributed by atoms with Crippen molar-refractivity contribution in [1.82, 2.24) is 0 Å². The summed E-state index contributed by atoms with van der Waals surface area (Å²) in [4.78, 5) is 11.1. The number of allylic oxidation sites excluding steroid dienone is 4. The van der Waals surface area contributed by atoms with Gasteiger partial charge in [-0.05, 0) is 45.3 Å². The Kier molecular flexibility index (Phi) is 8.51. The minimum atomic E-state index is 0.341. The van der Waals surface area contributed by atoms with E-state index in [0.29, 0.717) is 23.5 Å². The van der Waals surface area contributed by atoms with Gasteiger partial charge < -0.3 is 9.47 Å². The second-order valence-corrected chi connectivity index (χ2v) is 5.38. The van der Waals surface area contributed by atoms with Crippen molar-refractivity contribution in [2.24, 2.45) is 0 Å². The SMILES string of the molecule is CC=C(C)CCC=C(C)COc1ccccc1C([C]=O)=COC. The Bertz CT molecular complexity index is 595. The lowest BCUT2D eigenvalue weighted by molar-refractivity contribution is 0.338. The third kappa shape index (κ3) is 6.55. The van der Waals surface area contributed by atoms with Gasteiger partial charge in [0.15, 0.2) is 0 Å². The summed E-state index contributed by atoms with van der Waals surface area (Å²) in [7, 11) is 1.50. The fourth-order valence-electron chi connectivity index (χ4n) is 2.02. The van der Waals surface area contributed by atoms with E-state index >= 15 is 0 Å². The highest BCUT2D eigenvalue weighted by Gasteiger charge is 2.09. The molecular weight excluding hydrogens is 288 g/mol. The lowest BCUT2D eigenvalue weighted by Gasteiger charge is -2.11. The predicted molar refractivity (Wildman–Crippen MR) is 95.0 cm³/mol. The monoisotopic (exact) mass is 313 g/mol. The maximum absolute atomic E-state index is 11.1. The van der Waals surface area contributed by atoms with E-state index in [4.69, 9.17) is 9.47 Å². The Hall–Kier alpha value is -2.29. The van der Waals surface area contributed by atoms with Crippen LogP contribution < -0.4 is 4.74 Å². The van der Waals surface area contributed by atoms with Crippen molar-refractivity contribution in [3.63, 3.8) is 0 Å². The molecule has 1 aromatic rings. The van der Waals surface area contributed by atoms with E-state index < -0.39 is 0 Å². The molecule has 0 saturated heterocycles. The van der Waals surface area contributed by atoms with Gasteiger partial charge in [-0.1, -0.05) is 35.9 Å². The molecule has 0 N–H and O–H groups in total. The van der Waals surface area contributed by atoms with Gasteiger partial charge in [-0.3, -0.25) is 4.79 Å². The number of hydrogen-bond acceptors (Lipinski definition) is 3. The van der Waals surface area contributed by atoms with Crippen LogP contribution in [0.4, 0.5) is 0 Å². The zero-order valence-corrected chi connectivity index (χ0v) is 14.4. The first-order chi connectivity index (χ1) is 11.1. The topological polar surface area (TPSA) is 35.5 Å². The first-order valence-electron chi connectivity index (χ1n) is 7.73. The summed E-state index contributed by atoms with van der Waals surface area (Å²) in [5.41, 5.74) is 3.57. The fraction of sp³-hybridized carbons (Fsp3) is 0.350. The van der Waals surface area contributed by atoms with Crippen LogP contribution >= 0.6 is 0 Å². The summed E-state index contributed by atoms with van der Waals surface area (Å²) < 4.78 is 10.8. The molecule has 0 aliphatic heterocycles. The summed E-state index contributed by atoms with van der Waals surface area (Å²) in [5, 5.41) is 0. The second-order valence-electron chi connectivity index (χ2n) is 5.38. The van der Waals surface area contributed by atoms with Crippen LogP contribution in [0.5, 0.6) is 5.75 Å². The summed E-state index contributed by atoms with van der Waals surface area (Å²) in [6.07, 6.45) is 9.65. The van der Waals surface area contributed by atoms with Crippen molar-refractivity contribution in [2.45, 2.75) is 33.6 Å². The zero-order valence-electron chi connectivity index (χ0n) is 14.4. The molecule has 0 heterocycles. The number of rotatable bonds is 9. The Morgan fingerprint density at radius 2 is 1.96 bits per heavy atom. The molecule has 3 heteroatoms. The highest BCUT2D eigenvalue weighted by Crippen LogP contribution is 2.25. The van der Waals surface area contributed by atoms with E-state index in [2.05, 4.69) is 26.0 Å². The van der Waals surface area contributed by atoms with E-state index in [1.54, 1.807) is 0 Å². The van der Waals surface area contributed by atoms with Crippen LogP contribution in [-0.2, 0) is 9.53 Å². The van der Waals surface area contributed by atoms with Gasteiger partial charge in [0, 0.05) is 5.56 Å². The molecule has 0 amide bonds. The van der Waals surface area contributed by atoms with Crippen molar-refractivity contribution in [2.75, 3.05) is 13.7 Å². The number of benzene rings is 1. The van der Waals surface area contributed by atoms with Crippen molar-refractivity contribution < 1.29 is 14.3 Å². The average molecular weight is 313 g/mol. The Morgan fingerprint density at radius 1 is 1.22 bits per heavy atom. The van der Waals surface area contributed by atoms with Gasteiger partial charge in [0.2, 0.25) is 6.29 Å². The molecule has 0 saturated carbocycles. The molecule has 0 atom stereocenters. The van der Waals surface area contributed by atoms with Crippen LogP contribution in [0.15, 0.2) is 53.8 Å². The number of ether oxygens (including phenoxy) is 2. The normalized spacial score (nSPS) is 13.0. The summed E-state index contributed by atoms with van der Waals surface area (Å²) in [5.74, 6) is 0.650. The van der Waals surface area contributed by atoms with Crippen molar-refractivity contribution in [1.29, 1.82) is 0 Å². The van der Waals surface area contributed by atoms with Gasteiger partial charge in [0.1, 0.15) is 12.4 Å². The first-order valence-corrected chi connectivity index (χ1v) is 7.73. The molecule has 0 aliphatic carbocycles.